The Labute approximate surface area is 120 Å². The van der Waals surface area contributed by atoms with Gasteiger partial charge in [0.2, 0.25) is 11.8 Å². The van der Waals surface area contributed by atoms with Crippen LogP contribution >= 0.6 is 0 Å². The van der Waals surface area contributed by atoms with E-state index in [2.05, 4.69) is 15.6 Å². The van der Waals surface area contributed by atoms with Crippen molar-refractivity contribution in [3.63, 3.8) is 0 Å². The van der Waals surface area contributed by atoms with E-state index in [0.717, 1.165) is 6.42 Å². The third-order valence-electron chi connectivity index (χ3n) is 2.85. The molecule has 6 heteroatoms. The Balaban J connectivity index is 2.42. The number of nitrogens with two attached hydrogens (primary N) is 1. The molecule has 0 bridgehead atoms. The lowest BCUT2D eigenvalue weighted by Gasteiger charge is -2.12. The average Bonchev–Trinajstić information content (AvgIpc) is 2.42. The number of hydrogen-bond acceptors (Lipinski definition) is 5. The van der Waals surface area contributed by atoms with Gasteiger partial charge in [0, 0.05) is 19.0 Å². The SMILES string of the molecule is CCOc1nc(NCCC(=O)NC(C)CC)ccc1N. The summed E-state index contributed by atoms with van der Waals surface area (Å²) >= 11 is 0. The van der Waals surface area contributed by atoms with E-state index in [4.69, 9.17) is 10.5 Å². The summed E-state index contributed by atoms with van der Waals surface area (Å²) in [6, 6.07) is 3.71. The predicted molar refractivity (Wildman–Crippen MR) is 80.8 cm³/mol. The van der Waals surface area contributed by atoms with Crippen LogP contribution in [0.4, 0.5) is 11.5 Å². The van der Waals surface area contributed by atoms with Gasteiger partial charge in [-0.2, -0.15) is 4.98 Å². The summed E-state index contributed by atoms with van der Waals surface area (Å²) in [4.78, 5) is 15.9. The number of carbonyl (C=O) groups excluding carboxylic acids is 1. The average molecular weight is 280 g/mol. The summed E-state index contributed by atoms with van der Waals surface area (Å²) in [5.74, 6) is 1.10. The minimum absolute atomic E-state index is 0.0346. The van der Waals surface area contributed by atoms with Crippen LogP contribution in [0.25, 0.3) is 0 Å². The first-order valence-corrected chi connectivity index (χ1v) is 6.99. The Morgan fingerprint density at radius 1 is 1.45 bits per heavy atom. The number of ether oxygens (including phenoxy) is 1. The molecule has 0 fully saturated rings. The van der Waals surface area contributed by atoms with Crippen molar-refractivity contribution < 1.29 is 9.53 Å². The molecule has 6 nitrogen and oxygen atoms in total. The van der Waals surface area contributed by atoms with Crippen molar-refractivity contribution in [1.82, 2.24) is 10.3 Å². The third kappa shape index (κ3) is 5.34. The fourth-order valence-corrected chi connectivity index (χ4v) is 1.56. The van der Waals surface area contributed by atoms with E-state index in [9.17, 15) is 4.79 Å². The molecule has 1 atom stereocenters. The van der Waals surface area contributed by atoms with Gasteiger partial charge < -0.3 is 21.1 Å². The van der Waals surface area contributed by atoms with E-state index in [1.807, 2.05) is 20.8 Å². The molecule has 1 heterocycles. The van der Waals surface area contributed by atoms with Crippen LogP contribution in [-0.2, 0) is 4.79 Å². The molecule has 0 aliphatic heterocycles. The number of nitrogens with one attached hydrogen (secondary N) is 2. The fraction of sp³-hybridized carbons (Fsp3) is 0.571. The van der Waals surface area contributed by atoms with E-state index in [-0.39, 0.29) is 11.9 Å². The Morgan fingerprint density at radius 2 is 2.20 bits per heavy atom. The van der Waals surface area contributed by atoms with Crippen molar-refractivity contribution in [1.29, 1.82) is 0 Å². The molecule has 0 saturated heterocycles. The molecule has 0 aromatic carbocycles. The largest absolute Gasteiger partial charge is 0.476 e. The van der Waals surface area contributed by atoms with Gasteiger partial charge in [-0.05, 0) is 32.4 Å². The van der Waals surface area contributed by atoms with Crippen LogP contribution in [0.1, 0.15) is 33.6 Å². The fourth-order valence-electron chi connectivity index (χ4n) is 1.56. The second-order valence-electron chi connectivity index (χ2n) is 4.58. The molecule has 1 unspecified atom stereocenters. The number of pyridine rings is 1. The first kappa shape index (κ1) is 16.1. The number of carbonyl (C=O) groups is 1. The van der Waals surface area contributed by atoms with Gasteiger partial charge in [-0.15, -0.1) is 0 Å². The molecule has 1 aromatic rings. The second kappa shape index (κ2) is 8.24. The zero-order valence-corrected chi connectivity index (χ0v) is 12.4. The van der Waals surface area contributed by atoms with Gasteiger partial charge >= 0.3 is 0 Å². The minimum atomic E-state index is 0.0346. The van der Waals surface area contributed by atoms with Gasteiger partial charge in [0.15, 0.2) is 0 Å². The molecule has 20 heavy (non-hydrogen) atoms. The zero-order chi connectivity index (χ0) is 15.0. The first-order chi connectivity index (χ1) is 9.56. The summed E-state index contributed by atoms with van der Waals surface area (Å²) < 4.78 is 5.32. The summed E-state index contributed by atoms with van der Waals surface area (Å²) in [6.45, 7) is 6.93. The molecule has 0 aliphatic carbocycles. The number of nitrogens with zero attached hydrogens (tertiary/aromatic N) is 1. The van der Waals surface area contributed by atoms with Crippen LogP contribution in [0.3, 0.4) is 0 Å². The van der Waals surface area contributed by atoms with Gasteiger partial charge in [-0.3, -0.25) is 4.79 Å². The van der Waals surface area contributed by atoms with Gasteiger partial charge in [0.05, 0.1) is 12.3 Å². The molecule has 1 amide bonds. The van der Waals surface area contributed by atoms with Crippen LogP contribution in [0.5, 0.6) is 5.88 Å². The molecule has 0 spiro atoms. The van der Waals surface area contributed by atoms with Crippen LogP contribution in [0, 0.1) is 0 Å². The molecule has 112 valence electrons. The van der Waals surface area contributed by atoms with Gasteiger partial charge in [0.1, 0.15) is 5.82 Å². The summed E-state index contributed by atoms with van der Waals surface area (Å²) in [5, 5.41) is 6.00. The van der Waals surface area contributed by atoms with E-state index in [0.29, 0.717) is 37.0 Å². The molecule has 0 radical (unpaired) electrons. The smallest absolute Gasteiger partial charge is 0.239 e. The number of amides is 1. The Bertz CT molecular complexity index is 437. The number of nitrogen functional groups attached to an aromatic ring is 1. The standard InChI is InChI=1S/C14H24N4O2/c1-4-10(3)17-13(19)8-9-16-12-7-6-11(15)14(18-12)20-5-2/h6-7,10H,4-5,8-9,15H2,1-3H3,(H,16,18)(H,17,19). The topological polar surface area (TPSA) is 89.3 Å². The van der Waals surface area contributed by atoms with E-state index in [1.54, 1.807) is 12.1 Å². The van der Waals surface area contributed by atoms with E-state index < -0.39 is 0 Å². The van der Waals surface area contributed by atoms with Crippen LogP contribution in [0.2, 0.25) is 0 Å². The molecular formula is C14H24N4O2. The maximum absolute atomic E-state index is 11.6. The summed E-state index contributed by atoms with van der Waals surface area (Å²) in [7, 11) is 0. The van der Waals surface area contributed by atoms with Crippen molar-refractivity contribution in [2.45, 2.75) is 39.7 Å². The van der Waals surface area contributed by atoms with Crippen molar-refractivity contribution in [3.05, 3.63) is 12.1 Å². The normalized spacial score (nSPS) is 11.8. The third-order valence-corrected chi connectivity index (χ3v) is 2.85. The highest BCUT2D eigenvalue weighted by molar-refractivity contribution is 5.76. The van der Waals surface area contributed by atoms with Crippen LogP contribution in [-0.4, -0.2) is 30.1 Å². The highest BCUT2D eigenvalue weighted by atomic mass is 16.5. The van der Waals surface area contributed by atoms with E-state index in [1.165, 1.54) is 0 Å². The minimum Gasteiger partial charge on any atom is -0.476 e. The van der Waals surface area contributed by atoms with Gasteiger partial charge in [-0.25, -0.2) is 0 Å². The molecule has 1 aromatic heterocycles. The maximum Gasteiger partial charge on any atom is 0.239 e. The highest BCUT2D eigenvalue weighted by Gasteiger charge is 2.06. The molecule has 1 rings (SSSR count). The van der Waals surface area contributed by atoms with Crippen LogP contribution < -0.4 is 21.1 Å². The number of rotatable bonds is 8. The van der Waals surface area contributed by atoms with Crippen molar-refractivity contribution in [3.8, 4) is 5.88 Å². The molecule has 0 aliphatic rings. The number of aromatic nitrogens is 1. The lowest BCUT2D eigenvalue weighted by atomic mass is 10.2. The Hall–Kier alpha value is -1.98. The Morgan fingerprint density at radius 3 is 2.85 bits per heavy atom. The monoisotopic (exact) mass is 280 g/mol. The van der Waals surface area contributed by atoms with Gasteiger partial charge in [-0.1, -0.05) is 6.92 Å². The quantitative estimate of drug-likeness (QED) is 0.675. The van der Waals surface area contributed by atoms with E-state index >= 15 is 0 Å². The zero-order valence-electron chi connectivity index (χ0n) is 12.4. The lowest BCUT2D eigenvalue weighted by Crippen LogP contribution is -2.33. The van der Waals surface area contributed by atoms with Gasteiger partial charge in [0.25, 0.3) is 0 Å². The van der Waals surface area contributed by atoms with Crippen LogP contribution in [0.15, 0.2) is 12.1 Å². The summed E-state index contributed by atoms with van der Waals surface area (Å²) in [5.41, 5.74) is 6.25. The second-order valence-corrected chi connectivity index (χ2v) is 4.58. The maximum atomic E-state index is 11.6. The Kier molecular flexibility index (Phi) is 6.63. The highest BCUT2D eigenvalue weighted by Crippen LogP contribution is 2.20. The predicted octanol–water partition coefficient (Wildman–Crippen LogP) is 1.78. The number of hydrogen-bond donors (Lipinski definition) is 3. The molecular weight excluding hydrogens is 256 g/mol. The molecule has 4 N–H and O–H groups in total. The summed E-state index contributed by atoms with van der Waals surface area (Å²) in [6.07, 6.45) is 1.33. The number of anilines is 2. The molecule has 0 saturated carbocycles. The van der Waals surface area contributed by atoms with Crippen molar-refractivity contribution in [2.75, 3.05) is 24.2 Å². The first-order valence-electron chi connectivity index (χ1n) is 6.99. The lowest BCUT2D eigenvalue weighted by molar-refractivity contribution is -0.121. The van der Waals surface area contributed by atoms with Crippen molar-refractivity contribution >= 4 is 17.4 Å². The van der Waals surface area contributed by atoms with Crippen molar-refractivity contribution in [2.24, 2.45) is 0 Å².